The molecule has 0 fully saturated rings. The van der Waals surface area contributed by atoms with E-state index in [1.54, 1.807) is 13.1 Å². The van der Waals surface area contributed by atoms with Crippen LogP contribution >= 0.6 is 0 Å². The van der Waals surface area contributed by atoms with E-state index in [0.29, 0.717) is 12.4 Å². The second kappa shape index (κ2) is 5.13. The van der Waals surface area contributed by atoms with Crippen molar-refractivity contribution in [1.82, 2.24) is 10.2 Å². The largest absolute Gasteiger partial charge is 0.381 e. The quantitative estimate of drug-likeness (QED) is 0.701. The highest BCUT2D eigenvalue weighted by atomic mass is 32.2. The highest BCUT2D eigenvalue weighted by Crippen LogP contribution is 2.10. The van der Waals surface area contributed by atoms with E-state index >= 15 is 0 Å². The number of rotatable bonds is 6. The number of aromatic amines is 1. The second-order valence-electron chi connectivity index (χ2n) is 3.05. The van der Waals surface area contributed by atoms with Crippen LogP contribution in [0.4, 0.5) is 5.82 Å². The lowest BCUT2D eigenvalue weighted by Gasteiger charge is -2.06. The molecule has 0 radical (unpaired) electrons. The Morgan fingerprint density at radius 2 is 2.33 bits per heavy atom. The normalized spacial score (nSPS) is 11.6. The Balaban J connectivity index is 2.53. The molecule has 1 heterocycles. The van der Waals surface area contributed by atoms with Gasteiger partial charge in [-0.2, -0.15) is 5.10 Å². The SMILES string of the molecule is CCOCCS(=O)(=O)Nc1[nH]ncc1C. The van der Waals surface area contributed by atoms with Crippen LogP contribution in [0.15, 0.2) is 6.20 Å². The molecule has 1 aromatic heterocycles. The Kier molecular flexibility index (Phi) is 4.10. The van der Waals surface area contributed by atoms with Crippen molar-refractivity contribution in [3.8, 4) is 0 Å². The molecule has 1 aromatic rings. The molecule has 0 atom stereocenters. The number of nitrogens with zero attached hydrogens (tertiary/aromatic N) is 1. The standard InChI is InChI=1S/C8H15N3O3S/c1-3-14-4-5-15(12,13)11-8-7(2)6-9-10-8/h6H,3-5H2,1-2H3,(H2,9,10,11). The van der Waals surface area contributed by atoms with Crippen LogP contribution in [0.2, 0.25) is 0 Å². The van der Waals surface area contributed by atoms with E-state index in [2.05, 4.69) is 14.9 Å². The Morgan fingerprint density at radius 1 is 1.60 bits per heavy atom. The van der Waals surface area contributed by atoms with E-state index in [9.17, 15) is 8.42 Å². The fourth-order valence-corrected chi connectivity index (χ4v) is 1.93. The molecule has 7 heteroatoms. The number of H-pyrrole nitrogens is 1. The minimum absolute atomic E-state index is 0.0563. The molecule has 0 amide bonds. The molecule has 0 saturated heterocycles. The third-order valence-electron chi connectivity index (χ3n) is 1.79. The maximum atomic E-state index is 11.5. The Morgan fingerprint density at radius 3 is 2.87 bits per heavy atom. The number of nitrogens with one attached hydrogen (secondary N) is 2. The van der Waals surface area contributed by atoms with Crippen molar-refractivity contribution in [3.05, 3.63) is 11.8 Å². The number of anilines is 1. The summed E-state index contributed by atoms with van der Waals surface area (Å²) in [6.45, 7) is 4.29. The van der Waals surface area contributed by atoms with E-state index in [4.69, 9.17) is 4.74 Å². The predicted molar refractivity (Wildman–Crippen MR) is 57.2 cm³/mol. The van der Waals surface area contributed by atoms with Gasteiger partial charge in [0.1, 0.15) is 5.82 Å². The third-order valence-corrected chi connectivity index (χ3v) is 3.01. The van der Waals surface area contributed by atoms with Gasteiger partial charge in [0.05, 0.1) is 18.6 Å². The molecule has 0 aliphatic heterocycles. The first-order chi connectivity index (χ1) is 7.05. The molecule has 0 aliphatic carbocycles. The van der Waals surface area contributed by atoms with E-state index in [0.717, 1.165) is 5.56 Å². The zero-order valence-electron chi connectivity index (χ0n) is 8.78. The van der Waals surface area contributed by atoms with Crippen LogP contribution in [0.5, 0.6) is 0 Å². The summed E-state index contributed by atoms with van der Waals surface area (Å²) in [5.41, 5.74) is 0.759. The lowest BCUT2D eigenvalue weighted by Crippen LogP contribution is -2.20. The first-order valence-electron chi connectivity index (χ1n) is 4.63. The minimum Gasteiger partial charge on any atom is -0.381 e. The molecule has 2 N–H and O–H groups in total. The molecule has 0 spiro atoms. The van der Waals surface area contributed by atoms with Gasteiger partial charge in [0.25, 0.3) is 0 Å². The molecule has 0 bridgehead atoms. The first-order valence-corrected chi connectivity index (χ1v) is 6.28. The van der Waals surface area contributed by atoms with Gasteiger partial charge in [-0.25, -0.2) is 8.42 Å². The minimum atomic E-state index is -3.35. The van der Waals surface area contributed by atoms with Gasteiger partial charge in [0.2, 0.25) is 10.0 Å². The lowest BCUT2D eigenvalue weighted by molar-refractivity contribution is 0.163. The summed E-state index contributed by atoms with van der Waals surface area (Å²) in [5, 5.41) is 6.29. The fourth-order valence-electron chi connectivity index (χ4n) is 0.969. The van der Waals surface area contributed by atoms with Crippen LogP contribution < -0.4 is 4.72 Å². The molecule has 0 unspecified atom stereocenters. The molecule has 0 saturated carbocycles. The van der Waals surface area contributed by atoms with E-state index in [-0.39, 0.29) is 12.4 Å². The predicted octanol–water partition coefficient (Wildman–Crippen LogP) is 0.496. The summed E-state index contributed by atoms with van der Waals surface area (Å²) in [4.78, 5) is 0. The monoisotopic (exact) mass is 233 g/mol. The summed E-state index contributed by atoms with van der Waals surface area (Å²) in [5.74, 6) is 0.353. The maximum Gasteiger partial charge on any atom is 0.236 e. The van der Waals surface area contributed by atoms with Crippen molar-refractivity contribution in [3.63, 3.8) is 0 Å². The molecular formula is C8H15N3O3S. The van der Waals surface area contributed by atoms with Crippen LogP contribution in [-0.2, 0) is 14.8 Å². The number of hydrogen-bond donors (Lipinski definition) is 2. The highest BCUT2D eigenvalue weighted by molar-refractivity contribution is 7.92. The van der Waals surface area contributed by atoms with Gasteiger partial charge in [0.15, 0.2) is 0 Å². The summed E-state index contributed by atoms with van der Waals surface area (Å²) in [6, 6.07) is 0. The Bertz CT molecular complexity index is 399. The summed E-state index contributed by atoms with van der Waals surface area (Å²) >= 11 is 0. The van der Waals surface area contributed by atoms with Gasteiger partial charge in [-0.1, -0.05) is 0 Å². The van der Waals surface area contributed by atoms with E-state index in [1.165, 1.54) is 0 Å². The zero-order chi connectivity index (χ0) is 11.3. The van der Waals surface area contributed by atoms with Gasteiger partial charge in [-0.05, 0) is 13.8 Å². The van der Waals surface area contributed by atoms with Crippen LogP contribution in [0.3, 0.4) is 0 Å². The van der Waals surface area contributed by atoms with E-state index in [1.807, 2.05) is 6.92 Å². The lowest BCUT2D eigenvalue weighted by atomic mass is 10.4. The molecule has 86 valence electrons. The average Bonchev–Trinajstić information content (AvgIpc) is 2.51. The van der Waals surface area contributed by atoms with Gasteiger partial charge >= 0.3 is 0 Å². The molecule has 1 rings (SSSR count). The van der Waals surface area contributed by atoms with Crippen LogP contribution in [0.25, 0.3) is 0 Å². The number of hydrogen-bond acceptors (Lipinski definition) is 4. The van der Waals surface area contributed by atoms with Gasteiger partial charge in [0, 0.05) is 12.2 Å². The smallest absolute Gasteiger partial charge is 0.236 e. The van der Waals surface area contributed by atoms with Gasteiger partial charge in [-0.15, -0.1) is 0 Å². The number of ether oxygens (including phenoxy) is 1. The second-order valence-corrected chi connectivity index (χ2v) is 4.89. The Labute approximate surface area is 89.1 Å². The van der Waals surface area contributed by atoms with Crippen molar-refractivity contribution in [1.29, 1.82) is 0 Å². The maximum absolute atomic E-state index is 11.5. The van der Waals surface area contributed by atoms with Crippen LogP contribution in [0.1, 0.15) is 12.5 Å². The fraction of sp³-hybridized carbons (Fsp3) is 0.625. The first kappa shape index (κ1) is 12.0. The van der Waals surface area contributed by atoms with Crippen molar-refractivity contribution in [2.45, 2.75) is 13.8 Å². The van der Waals surface area contributed by atoms with Gasteiger partial charge in [-0.3, -0.25) is 9.82 Å². The van der Waals surface area contributed by atoms with Crippen molar-refractivity contribution in [2.24, 2.45) is 0 Å². The van der Waals surface area contributed by atoms with Crippen molar-refractivity contribution < 1.29 is 13.2 Å². The molecule has 0 aliphatic rings. The molecular weight excluding hydrogens is 218 g/mol. The summed E-state index contributed by atoms with van der Waals surface area (Å²) in [7, 11) is -3.35. The Hall–Kier alpha value is -1.08. The van der Waals surface area contributed by atoms with Crippen LogP contribution in [-0.4, -0.2) is 37.6 Å². The van der Waals surface area contributed by atoms with Crippen molar-refractivity contribution >= 4 is 15.8 Å². The van der Waals surface area contributed by atoms with Gasteiger partial charge < -0.3 is 4.74 Å². The van der Waals surface area contributed by atoms with Crippen molar-refractivity contribution in [2.75, 3.05) is 23.7 Å². The summed E-state index contributed by atoms with van der Waals surface area (Å²) in [6.07, 6.45) is 1.56. The third kappa shape index (κ3) is 3.88. The van der Waals surface area contributed by atoms with Crippen LogP contribution in [0, 0.1) is 6.92 Å². The van der Waals surface area contributed by atoms with E-state index < -0.39 is 10.0 Å². The number of sulfonamides is 1. The average molecular weight is 233 g/mol. The molecule has 6 nitrogen and oxygen atoms in total. The molecule has 15 heavy (non-hydrogen) atoms. The number of aromatic nitrogens is 2. The zero-order valence-corrected chi connectivity index (χ0v) is 9.60. The number of aryl methyl sites for hydroxylation is 1. The highest BCUT2D eigenvalue weighted by Gasteiger charge is 2.12. The topological polar surface area (TPSA) is 84.1 Å². The molecule has 0 aromatic carbocycles. The summed E-state index contributed by atoms with van der Waals surface area (Å²) < 4.78 is 30.3.